The van der Waals surface area contributed by atoms with Gasteiger partial charge in [0.05, 0.1) is 11.4 Å². The Hall–Kier alpha value is -0.170. The average molecular weight is 251 g/mol. The zero-order valence-corrected chi connectivity index (χ0v) is 10.8. The van der Waals surface area contributed by atoms with Crippen molar-refractivity contribution in [3.05, 3.63) is 0 Å². The molecule has 2 N–H and O–H groups in total. The normalized spacial score (nSPS) is 22.9. The van der Waals surface area contributed by atoms with Gasteiger partial charge in [-0.1, -0.05) is 0 Å². The SMILES string of the molecule is COC1(C(N)CCS(C)(=O)=O)CCOCC1. The standard InChI is InChI=1S/C10H21NO4S/c1-14-10(4-6-15-7-5-10)9(11)3-8-16(2,12)13/h9H,3-8,11H2,1-2H3. The van der Waals surface area contributed by atoms with E-state index < -0.39 is 15.4 Å². The van der Waals surface area contributed by atoms with E-state index in [0.29, 0.717) is 19.6 Å². The Balaban J connectivity index is 2.58. The highest BCUT2D eigenvalue weighted by Gasteiger charge is 2.38. The number of sulfone groups is 1. The molecule has 0 radical (unpaired) electrons. The van der Waals surface area contributed by atoms with Gasteiger partial charge in [-0.05, 0) is 6.42 Å². The molecule has 1 heterocycles. The lowest BCUT2D eigenvalue weighted by molar-refractivity contribution is -0.104. The zero-order valence-electron chi connectivity index (χ0n) is 9.94. The molecule has 0 amide bonds. The van der Waals surface area contributed by atoms with E-state index in [1.807, 2.05) is 0 Å². The van der Waals surface area contributed by atoms with Crippen LogP contribution < -0.4 is 5.73 Å². The third-order valence-electron chi connectivity index (χ3n) is 3.22. The van der Waals surface area contributed by atoms with Crippen LogP contribution in [-0.4, -0.2) is 52.4 Å². The van der Waals surface area contributed by atoms with Crippen LogP contribution >= 0.6 is 0 Å². The molecule has 1 atom stereocenters. The fourth-order valence-corrected chi connectivity index (χ4v) is 2.73. The maximum absolute atomic E-state index is 11.1. The van der Waals surface area contributed by atoms with E-state index in [1.165, 1.54) is 6.26 Å². The van der Waals surface area contributed by atoms with Gasteiger partial charge in [0.1, 0.15) is 9.84 Å². The molecule has 0 spiro atoms. The summed E-state index contributed by atoms with van der Waals surface area (Å²) in [6.45, 7) is 1.25. The molecule has 6 heteroatoms. The van der Waals surface area contributed by atoms with Crippen LogP contribution in [0.1, 0.15) is 19.3 Å². The molecular formula is C10H21NO4S. The Morgan fingerprint density at radius 3 is 2.44 bits per heavy atom. The summed E-state index contributed by atoms with van der Waals surface area (Å²) in [5, 5.41) is 0. The van der Waals surface area contributed by atoms with Crippen molar-refractivity contribution in [1.82, 2.24) is 0 Å². The fourth-order valence-electron chi connectivity index (χ4n) is 2.05. The smallest absolute Gasteiger partial charge is 0.147 e. The molecule has 0 aromatic carbocycles. The summed E-state index contributed by atoms with van der Waals surface area (Å²) in [5.74, 6) is 0.111. The van der Waals surface area contributed by atoms with E-state index in [1.54, 1.807) is 7.11 Å². The van der Waals surface area contributed by atoms with Crippen molar-refractivity contribution in [2.75, 3.05) is 32.3 Å². The number of hydrogen-bond acceptors (Lipinski definition) is 5. The van der Waals surface area contributed by atoms with Crippen molar-refractivity contribution in [3.8, 4) is 0 Å². The minimum absolute atomic E-state index is 0.111. The van der Waals surface area contributed by atoms with E-state index in [-0.39, 0.29) is 11.8 Å². The third-order valence-corrected chi connectivity index (χ3v) is 4.20. The molecule has 1 saturated heterocycles. The minimum atomic E-state index is -2.96. The van der Waals surface area contributed by atoms with E-state index in [9.17, 15) is 8.42 Å². The van der Waals surface area contributed by atoms with Crippen LogP contribution in [0.2, 0.25) is 0 Å². The number of nitrogens with two attached hydrogens (primary N) is 1. The van der Waals surface area contributed by atoms with E-state index in [4.69, 9.17) is 15.2 Å². The van der Waals surface area contributed by atoms with Crippen LogP contribution in [0, 0.1) is 0 Å². The Bertz CT molecular complexity index is 309. The van der Waals surface area contributed by atoms with Crippen LogP contribution in [0.15, 0.2) is 0 Å². The van der Waals surface area contributed by atoms with Gasteiger partial charge < -0.3 is 15.2 Å². The predicted octanol–water partition coefficient (Wildman–Crippen LogP) is -0.0560. The molecule has 1 aliphatic rings. The van der Waals surface area contributed by atoms with Gasteiger partial charge in [-0.15, -0.1) is 0 Å². The number of hydrogen-bond donors (Lipinski definition) is 1. The van der Waals surface area contributed by atoms with Crippen LogP contribution in [-0.2, 0) is 19.3 Å². The third kappa shape index (κ3) is 3.69. The zero-order chi connectivity index (χ0) is 12.2. The Morgan fingerprint density at radius 2 is 2.00 bits per heavy atom. The van der Waals surface area contributed by atoms with Crippen LogP contribution in [0.4, 0.5) is 0 Å². The topological polar surface area (TPSA) is 78.6 Å². The molecule has 1 unspecified atom stereocenters. The summed E-state index contributed by atoms with van der Waals surface area (Å²) in [6.07, 6.45) is 3.12. The van der Waals surface area contributed by atoms with Crippen molar-refractivity contribution >= 4 is 9.84 Å². The number of ether oxygens (including phenoxy) is 2. The summed E-state index contributed by atoms with van der Waals surface area (Å²) in [7, 11) is -1.33. The molecule has 1 rings (SSSR count). The van der Waals surface area contributed by atoms with Crippen molar-refractivity contribution in [2.24, 2.45) is 5.73 Å². The molecule has 1 fully saturated rings. The summed E-state index contributed by atoms with van der Waals surface area (Å²) < 4.78 is 33.0. The monoisotopic (exact) mass is 251 g/mol. The van der Waals surface area contributed by atoms with Gasteiger partial charge in [0.25, 0.3) is 0 Å². The van der Waals surface area contributed by atoms with Crippen molar-refractivity contribution < 1.29 is 17.9 Å². The second-order valence-corrected chi connectivity index (χ2v) is 6.67. The molecule has 0 aromatic heterocycles. The summed E-state index contributed by atoms with van der Waals surface area (Å²) >= 11 is 0. The Morgan fingerprint density at radius 1 is 1.44 bits per heavy atom. The van der Waals surface area contributed by atoms with Crippen LogP contribution in [0.25, 0.3) is 0 Å². The van der Waals surface area contributed by atoms with Crippen molar-refractivity contribution in [1.29, 1.82) is 0 Å². The van der Waals surface area contributed by atoms with Crippen molar-refractivity contribution in [3.63, 3.8) is 0 Å². The highest BCUT2D eigenvalue weighted by molar-refractivity contribution is 7.90. The lowest BCUT2D eigenvalue weighted by Gasteiger charge is -2.40. The number of rotatable bonds is 5. The number of methoxy groups -OCH3 is 1. The summed E-state index contributed by atoms with van der Waals surface area (Å²) in [5.41, 5.74) is 5.64. The first-order valence-corrected chi connectivity index (χ1v) is 7.52. The Kier molecular flexibility index (Phi) is 4.73. The lowest BCUT2D eigenvalue weighted by atomic mass is 9.85. The first-order chi connectivity index (χ1) is 7.40. The molecule has 5 nitrogen and oxygen atoms in total. The average Bonchev–Trinajstić information content (AvgIpc) is 2.25. The van der Waals surface area contributed by atoms with E-state index in [0.717, 1.165) is 12.8 Å². The van der Waals surface area contributed by atoms with Gasteiger partial charge >= 0.3 is 0 Å². The fraction of sp³-hybridized carbons (Fsp3) is 1.00. The molecule has 0 aliphatic carbocycles. The van der Waals surface area contributed by atoms with Gasteiger partial charge in [-0.3, -0.25) is 0 Å². The molecular weight excluding hydrogens is 230 g/mol. The molecule has 1 aliphatic heterocycles. The predicted molar refractivity (Wildman–Crippen MR) is 62.1 cm³/mol. The van der Waals surface area contributed by atoms with Gasteiger partial charge in [-0.2, -0.15) is 0 Å². The maximum atomic E-state index is 11.1. The maximum Gasteiger partial charge on any atom is 0.147 e. The molecule has 0 saturated carbocycles. The first-order valence-electron chi connectivity index (χ1n) is 5.46. The molecule has 96 valence electrons. The highest BCUT2D eigenvalue weighted by Crippen LogP contribution is 2.28. The van der Waals surface area contributed by atoms with Gasteiger partial charge in [0.15, 0.2) is 0 Å². The van der Waals surface area contributed by atoms with Gasteiger partial charge in [-0.25, -0.2) is 8.42 Å². The van der Waals surface area contributed by atoms with E-state index >= 15 is 0 Å². The quantitative estimate of drug-likeness (QED) is 0.741. The molecule has 0 aromatic rings. The van der Waals surface area contributed by atoms with Crippen LogP contribution in [0.5, 0.6) is 0 Å². The Labute approximate surface area is 97.2 Å². The van der Waals surface area contributed by atoms with Gasteiger partial charge in [0, 0.05) is 45.5 Å². The molecule has 0 bridgehead atoms. The highest BCUT2D eigenvalue weighted by atomic mass is 32.2. The lowest BCUT2D eigenvalue weighted by Crippen LogP contribution is -2.53. The second kappa shape index (κ2) is 5.44. The second-order valence-electron chi connectivity index (χ2n) is 4.41. The largest absolute Gasteiger partial charge is 0.381 e. The van der Waals surface area contributed by atoms with Crippen LogP contribution in [0.3, 0.4) is 0 Å². The molecule has 16 heavy (non-hydrogen) atoms. The van der Waals surface area contributed by atoms with E-state index in [2.05, 4.69) is 0 Å². The first kappa shape index (κ1) is 13.9. The van der Waals surface area contributed by atoms with Crippen molar-refractivity contribution in [2.45, 2.75) is 30.9 Å². The van der Waals surface area contributed by atoms with Gasteiger partial charge in [0.2, 0.25) is 0 Å². The minimum Gasteiger partial charge on any atom is -0.381 e. The summed E-state index contributed by atoms with van der Waals surface area (Å²) in [4.78, 5) is 0. The summed E-state index contributed by atoms with van der Waals surface area (Å²) in [6, 6.07) is -0.254.